The molecule has 1 aromatic carbocycles. The molecule has 0 saturated carbocycles. The maximum atomic E-state index is 11.9. The molecule has 0 aliphatic rings. The number of benzene rings is 1. The standard InChI is InChI=1S/C12H16F3NO/c13-12(14,15)8-6-10(16)7-9-17-11-4-2-1-3-5-11/h1-5,10H,6-9,16H2. The first-order valence-electron chi connectivity index (χ1n) is 5.47. The van der Waals surface area contributed by atoms with Crippen molar-refractivity contribution in [2.75, 3.05) is 6.61 Å². The predicted octanol–water partition coefficient (Wildman–Crippen LogP) is 3.13. The average Bonchev–Trinajstić information content (AvgIpc) is 2.27. The quantitative estimate of drug-likeness (QED) is 0.838. The van der Waals surface area contributed by atoms with E-state index in [9.17, 15) is 13.2 Å². The molecule has 2 N–H and O–H groups in total. The number of hydrogen-bond donors (Lipinski definition) is 1. The summed E-state index contributed by atoms with van der Waals surface area (Å²) in [4.78, 5) is 0. The van der Waals surface area contributed by atoms with Crippen LogP contribution in [0, 0.1) is 0 Å². The lowest BCUT2D eigenvalue weighted by molar-refractivity contribution is -0.136. The molecule has 17 heavy (non-hydrogen) atoms. The molecule has 1 atom stereocenters. The van der Waals surface area contributed by atoms with Crippen molar-refractivity contribution in [3.63, 3.8) is 0 Å². The fourth-order valence-electron chi connectivity index (χ4n) is 1.34. The predicted molar refractivity (Wildman–Crippen MR) is 59.8 cm³/mol. The van der Waals surface area contributed by atoms with Gasteiger partial charge in [0.15, 0.2) is 0 Å². The lowest BCUT2D eigenvalue weighted by atomic mass is 10.1. The Labute approximate surface area is 98.6 Å². The van der Waals surface area contributed by atoms with Crippen molar-refractivity contribution in [1.82, 2.24) is 0 Å². The van der Waals surface area contributed by atoms with E-state index in [1.807, 2.05) is 18.2 Å². The second-order valence-electron chi connectivity index (χ2n) is 3.86. The zero-order valence-electron chi connectivity index (χ0n) is 9.41. The van der Waals surface area contributed by atoms with E-state index in [4.69, 9.17) is 10.5 Å². The van der Waals surface area contributed by atoms with Gasteiger partial charge in [-0.25, -0.2) is 0 Å². The van der Waals surface area contributed by atoms with Gasteiger partial charge in [-0.05, 0) is 25.0 Å². The molecule has 96 valence electrons. The third-order valence-electron chi connectivity index (χ3n) is 2.30. The van der Waals surface area contributed by atoms with E-state index >= 15 is 0 Å². The van der Waals surface area contributed by atoms with Gasteiger partial charge in [0.2, 0.25) is 0 Å². The van der Waals surface area contributed by atoms with Crippen LogP contribution in [-0.2, 0) is 0 Å². The van der Waals surface area contributed by atoms with Crippen LogP contribution >= 0.6 is 0 Å². The summed E-state index contributed by atoms with van der Waals surface area (Å²) in [7, 11) is 0. The molecule has 2 nitrogen and oxygen atoms in total. The zero-order valence-corrected chi connectivity index (χ0v) is 9.41. The summed E-state index contributed by atoms with van der Waals surface area (Å²) in [6.45, 7) is 0.336. The first kappa shape index (κ1) is 13.8. The van der Waals surface area contributed by atoms with Crippen LogP contribution in [0.3, 0.4) is 0 Å². The number of para-hydroxylation sites is 1. The van der Waals surface area contributed by atoms with Crippen LogP contribution in [0.5, 0.6) is 5.75 Å². The summed E-state index contributed by atoms with van der Waals surface area (Å²) >= 11 is 0. The Hall–Kier alpha value is -1.23. The Kier molecular flexibility index (Phi) is 5.28. The number of nitrogens with two attached hydrogens (primary N) is 1. The van der Waals surface area contributed by atoms with Crippen LogP contribution < -0.4 is 10.5 Å². The van der Waals surface area contributed by atoms with E-state index in [1.165, 1.54) is 0 Å². The van der Waals surface area contributed by atoms with Crippen molar-refractivity contribution in [3.05, 3.63) is 30.3 Å². The lowest BCUT2D eigenvalue weighted by Gasteiger charge is -2.13. The van der Waals surface area contributed by atoms with Crippen molar-refractivity contribution in [2.45, 2.75) is 31.5 Å². The second kappa shape index (κ2) is 6.49. The molecule has 0 aliphatic carbocycles. The Morgan fingerprint density at radius 2 is 1.76 bits per heavy atom. The van der Waals surface area contributed by atoms with Gasteiger partial charge in [-0.3, -0.25) is 0 Å². The number of halogens is 3. The summed E-state index contributed by atoms with van der Waals surface area (Å²) < 4.78 is 41.1. The smallest absolute Gasteiger partial charge is 0.389 e. The van der Waals surface area contributed by atoms with Crippen molar-refractivity contribution in [2.24, 2.45) is 5.73 Å². The molecule has 0 amide bonds. The van der Waals surface area contributed by atoms with Crippen LogP contribution in [0.2, 0.25) is 0 Å². The van der Waals surface area contributed by atoms with Gasteiger partial charge in [-0.15, -0.1) is 0 Å². The highest BCUT2D eigenvalue weighted by Gasteiger charge is 2.27. The number of ether oxygens (including phenoxy) is 1. The second-order valence-corrected chi connectivity index (χ2v) is 3.86. The minimum absolute atomic E-state index is 0.0539. The Balaban J connectivity index is 2.14. The number of hydrogen-bond acceptors (Lipinski definition) is 2. The van der Waals surface area contributed by atoms with Crippen molar-refractivity contribution in [3.8, 4) is 5.75 Å². The number of rotatable bonds is 6. The van der Waals surface area contributed by atoms with Crippen molar-refractivity contribution < 1.29 is 17.9 Å². The van der Waals surface area contributed by atoms with Gasteiger partial charge in [0.05, 0.1) is 6.61 Å². The molecule has 0 radical (unpaired) electrons. The molecule has 0 heterocycles. The van der Waals surface area contributed by atoms with E-state index < -0.39 is 18.6 Å². The van der Waals surface area contributed by atoms with Gasteiger partial charge >= 0.3 is 6.18 Å². The number of alkyl halides is 3. The molecule has 0 fully saturated rings. The van der Waals surface area contributed by atoms with Crippen LogP contribution in [0.25, 0.3) is 0 Å². The highest BCUT2D eigenvalue weighted by molar-refractivity contribution is 5.20. The average molecular weight is 247 g/mol. The fraction of sp³-hybridized carbons (Fsp3) is 0.500. The maximum Gasteiger partial charge on any atom is 0.389 e. The molecule has 0 bridgehead atoms. The van der Waals surface area contributed by atoms with Crippen LogP contribution in [0.4, 0.5) is 13.2 Å². The van der Waals surface area contributed by atoms with E-state index in [0.29, 0.717) is 18.8 Å². The van der Waals surface area contributed by atoms with Crippen LogP contribution in [0.15, 0.2) is 30.3 Å². The SMILES string of the molecule is NC(CCOc1ccccc1)CCC(F)(F)F. The Morgan fingerprint density at radius 1 is 1.12 bits per heavy atom. The molecule has 5 heteroatoms. The summed E-state index contributed by atoms with van der Waals surface area (Å²) in [6, 6.07) is 8.64. The molecule has 0 aliphatic heterocycles. The Bertz CT molecular complexity index is 313. The third kappa shape index (κ3) is 6.84. The van der Waals surface area contributed by atoms with Crippen LogP contribution in [-0.4, -0.2) is 18.8 Å². The molecule has 1 aromatic rings. The van der Waals surface area contributed by atoms with Crippen molar-refractivity contribution in [1.29, 1.82) is 0 Å². The van der Waals surface area contributed by atoms with E-state index in [-0.39, 0.29) is 6.42 Å². The van der Waals surface area contributed by atoms with Gasteiger partial charge in [-0.2, -0.15) is 13.2 Å². The third-order valence-corrected chi connectivity index (χ3v) is 2.30. The summed E-state index contributed by atoms with van der Waals surface area (Å²) in [5, 5.41) is 0. The summed E-state index contributed by atoms with van der Waals surface area (Å²) in [5.41, 5.74) is 5.57. The van der Waals surface area contributed by atoms with Gasteiger partial charge in [-0.1, -0.05) is 18.2 Å². The van der Waals surface area contributed by atoms with Gasteiger partial charge in [0, 0.05) is 12.5 Å². The zero-order chi connectivity index (χ0) is 12.7. The van der Waals surface area contributed by atoms with E-state index in [1.54, 1.807) is 12.1 Å². The molecule has 0 aromatic heterocycles. The highest BCUT2D eigenvalue weighted by Crippen LogP contribution is 2.22. The maximum absolute atomic E-state index is 11.9. The largest absolute Gasteiger partial charge is 0.494 e. The topological polar surface area (TPSA) is 35.2 Å². The highest BCUT2D eigenvalue weighted by atomic mass is 19.4. The molecule has 0 spiro atoms. The van der Waals surface area contributed by atoms with Gasteiger partial charge in [0.25, 0.3) is 0 Å². The normalized spacial score (nSPS) is 13.4. The summed E-state index contributed by atoms with van der Waals surface area (Å²) in [5.74, 6) is 0.704. The fourth-order valence-corrected chi connectivity index (χ4v) is 1.34. The van der Waals surface area contributed by atoms with Crippen molar-refractivity contribution >= 4 is 0 Å². The minimum Gasteiger partial charge on any atom is -0.494 e. The van der Waals surface area contributed by atoms with Crippen LogP contribution in [0.1, 0.15) is 19.3 Å². The first-order chi connectivity index (χ1) is 7.97. The monoisotopic (exact) mass is 247 g/mol. The summed E-state index contributed by atoms with van der Waals surface area (Å²) in [6.07, 6.45) is -4.59. The molecular weight excluding hydrogens is 231 g/mol. The first-order valence-corrected chi connectivity index (χ1v) is 5.47. The lowest BCUT2D eigenvalue weighted by Crippen LogP contribution is -2.25. The molecule has 1 unspecified atom stereocenters. The molecule has 1 rings (SSSR count). The van der Waals surface area contributed by atoms with Gasteiger partial charge in [0.1, 0.15) is 5.75 Å². The van der Waals surface area contributed by atoms with Gasteiger partial charge < -0.3 is 10.5 Å². The van der Waals surface area contributed by atoms with E-state index in [0.717, 1.165) is 0 Å². The van der Waals surface area contributed by atoms with E-state index in [2.05, 4.69) is 0 Å². The molecular formula is C12H16F3NO. The Morgan fingerprint density at radius 3 is 2.35 bits per heavy atom. The molecule has 0 saturated heterocycles. The minimum atomic E-state index is -4.13.